The van der Waals surface area contributed by atoms with Crippen LogP contribution in [0.25, 0.3) is 10.8 Å². The molecular weight excluding hydrogens is 489 g/mol. The highest BCUT2D eigenvalue weighted by Crippen LogP contribution is 2.19. The molecule has 6 nitrogen and oxygen atoms in total. The van der Waals surface area contributed by atoms with Crippen LogP contribution in [0.2, 0.25) is 0 Å². The molecule has 0 heterocycles. The number of anilines is 1. The third-order valence-corrected chi connectivity index (χ3v) is 5.88. The normalized spacial score (nSPS) is 11.6. The molecular formula is C20H18IN3O3S. The van der Waals surface area contributed by atoms with Crippen molar-refractivity contribution in [2.45, 2.75) is 0 Å². The molecule has 0 saturated carbocycles. The minimum atomic E-state index is -3.61. The Kier molecular flexibility index (Phi) is 6.30. The number of nitrogens with one attached hydrogen (secondary N) is 1. The zero-order valence-corrected chi connectivity index (χ0v) is 18.0. The number of carbonyl (C=O) groups excluding carboxylic acids is 1. The lowest BCUT2D eigenvalue weighted by atomic mass is 10.1. The summed E-state index contributed by atoms with van der Waals surface area (Å²) in [6.07, 6.45) is 2.62. The molecule has 0 atom stereocenters. The van der Waals surface area contributed by atoms with Crippen molar-refractivity contribution in [3.05, 3.63) is 75.9 Å². The van der Waals surface area contributed by atoms with Gasteiger partial charge in [-0.1, -0.05) is 42.5 Å². The second-order valence-corrected chi connectivity index (χ2v) is 9.26. The number of rotatable bonds is 6. The molecule has 0 saturated heterocycles. The molecule has 0 spiro atoms. The number of sulfonamides is 1. The summed E-state index contributed by atoms with van der Waals surface area (Å²) in [4.78, 5) is 12.3. The van der Waals surface area contributed by atoms with Crippen molar-refractivity contribution in [3.63, 3.8) is 0 Å². The standard InChI is InChI=1S/C20H18IN3O3S/c1-28(26,27)24(18-11-9-17(21)10-12-18)14-20(25)23-22-13-16-7-4-6-15-5-2-3-8-19(15)16/h2-13H,14H2,1H3,(H,23,25)/b22-13-. The molecule has 0 aliphatic heterocycles. The van der Waals surface area contributed by atoms with Crippen LogP contribution in [0.4, 0.5) is 5.69 Å². The quantitative estimate of drug-likeness (QED) is 0.316. The van der Waals surface area contributed by atoms with Crippen molar-refractivity contribution in [2.24, 2.45) is 5.10 Å². The van der Waals surface area contributed by atoms with E-state index in [1.165, 1.54) is 0 Å². The Hall–Kier alpha value is -2.46. The van der Waals surface area contributed by atoms with Crippen LogP contribution >= 0.6 is 22.6 Å². The third kappa shape index (κ3) is 5.08. The van der Waals surface area contributed by atoms with E-state index in [4.69, 9.17) is 0 Å². The van der Waals surface area contributed by atoms with Gasteiger partial charge in [0.15, 0.2) is 0 Å². The molecule has 0 aromatic heterocycles. The molecule has 0 aliphatic carbocycles. The van der Waals surface area contributed by atoms with E-state index in [1.807, 2.05) is 42.5 Å². The molecule has 8 heteroatoms. The highest BCUT2D eigenvalue weighted by Gasteiger charge is 2.20. The fourth-order valence-corrected chi connectivity index (χ4v) is 3.93. The zero-order valence-electron chi connectivity index (χ0n) is 15.0. The molecule has 0 bridgehead atoms. The van der Waals surface area contributed by atoms with Crippen LogP contribution in [0.3, 0.4) is 0 Å². The number of benzene rings is 3. The number of hydrogen-bond donors (Lipinski definition) is 1. The third-order valence-electron chi connectivity index (χ3n) is 4.02. The van der Waals surface area contributed by atoms with Crippen molar-refractivity contribution in [2.75, 3.05) is 17.1 Å². The number of hydrazone groups is 1. The molecule has 3 rings (SSSR count). The van der Waals surface area contributed by atoms with Gasteiger partial charge in [0.2, 0.25) is 10.0 Å². The van der Waals surface area contributed by atoms with Crippen molar-refractivity contribution in [1.82, 2.24) is 5.43 Å². The highest BCUT2D eigenvalue weighted by molar-refractivity contribution is 14.1. The Morgan fingerprint density at radius 3 is 2.46 bits per heavy atom. The average molecular weight is 507 g/mol. The van der Waals surface area contributed by atoms with Gasteiger partial charge < -0.3 is 0 Å². The summed E-state index contributed by atoms with van der Waals surface area (Å²) < 4.78 is 26.2. The van der Waals surface area contributed by atoms with Crippen molar-refractivity contribution >= 4 is 61.2 Å². The van der Waals surface area contributed by atoms with Gasteiger partial charge in [0.05, 0.1) is 18.2 Å². The van der Waals surface area contributed by atoms with E-state index >= 15 is 0 Å². The maximum atomic E-state index is 12.3. The van der Waals surface area contributed by atoms with Crippen molar-refractivity contribution in [3.8, 4) is 0 Å². The van der Waals surface area contributed by atoms with Gasteiger partial charge in [0, 0.05) is 9.13 Å². The first-order valence-electron chi connectivity index (χ1n) is 8.37. The van der Waals surface area contributed by atoms with Crippen LogP contribution in [-0.2, 0) is 14.8 Å². The second kappa shape index (κ2) is 8.70. The van der Waals surface area contributed by atoms with Crippen LogP contribution in [0.5, 0.6) is 0 Å². The summed E-state index contributed by atoms with van der Waals surface area (Å²) in [5, 5.41) is 6.07. The van der Waals surface area contributed by atoms with E-state index in [0.717, 1.165) is 30.5 Å². The molecule has 0 radical (unpaired) electrons. The smallest absolute Gasteiger partial charge is 0.260 e. The number of fused-ring (bicyclic) bond motifs is 1. The first-order chi connectivity index (χ1) is 13.3. The maximum Gasteiger partial charge on any atom is 0.260 e. The number of carbonyl (C=O) groups is 1. The van der Waals surface area contributed by atoms with Gasteiger partial charge in [0.25, 0.3) is 5.91 Å². The Balaban J connectivity index is 1.73. The van der Waals surface area contributed by atoms with E-state index in [2.05, 4.69) is 33.1 Å². The van der Waals surface area contributed by atoms with Crippen LogP contribution in [0, 0.1) is 3.57 Å². The average Bonchev–Trinajstić information content (AvgIpc) is 2.66. The van der Waals surface area contributed by atoms with Gasteiger partial charge in [-0.05, 0) is 57.6 Å². The molecule has 1 amide bonds. The Labute approximate surface area is 177 Å². The summed E-state index contributed by atoms with van der Waals surface area (Å²) in [6, 6.07) is 20.5. The predicted octanol–water partition coefficient (Wildman–Crippen LogP) is 3.36. The van der Waals surface area contributed by atoms with Gasteiger partial charge in [0.1, 0.15) is 6.54 Å². The topological polar surface area (TPSA) is 78.8 Å². The molecule has 3 aromatic rings. The Morgan fingerprint density at radius 2 is 1.75 bits per heavy atom. The maximum absolute atomic E-state index is 12.3. The second-order valence-electron chi connectivity index (χ2n) is 6.11. The lowest BCUT2D eigenvalue weighted by Gasteiger charge is -2.21. The van der Waals surface area contributed by atoms with Gasteiger partial charge in [-0.3, -0.25) is 9.10 Å². The Bertz CT molecular complexity index is 1120. The van der Waals surface area contributed by atoms with Crippen LogP contribution < -0.4 is 9.73 Å². The van der Waals surface area contributed by atoms with E-state index in [0.29, 0.717) is 5.69 Å². The van der Waals surface area contributed by atoms with Gasteiger partial charge in [-0.15, -0.1) is 0 Å². The van der Waals surface area contributed by atoms with Crippen LogP contribution in [0.1, 0.15) is 5.56 Å². The molecule has 1 N–H and O–H groups in total. The Morgan fingerprint density at radius 1 is 1.07 bits per heavy atom. The summed E-state index contributed by atoms with van der Waals surface area (Å²) in [6.45, 7) is -0.355. The number of hydrogen-bond acceptors (Lipinski definition) is 4. The van der Waals surface area contributed by atoms with Gasteiger partial charge in [-0.25, -0.2) is 13.8 Å². The molecule has 144 valence electrons. The molecule has 0 aliphatic rings. The van der Waals surface area contributed by atoms with E-state index in [-0.39, 0.29) is 6.54 Å². The van der Waals surface area contributed by atoms with E-state index in [1.54, 1.807) is 30.5 Å². The van der Waals surface area contributed by atoms with Crippen LogP contribution in [0.15, 0.2) is 71.8 Å². The first-order valence-corrected chi connectivity index (χ1v) is 11.3. The van der Waals surface area contributed by atoms with E-state index in [9.17, 15) is 13.2 Å². The molecule has 0 unspecified atom stereocenters. The van der Waals surface area contributed by atoms with Gasteiger partial charge in [-0.2, -0.15) is 5.10 Å². The summed E-state index contributed by atoms with van der Waals surface area (Å²) >= 11 is 2.13. The number of amides is 1. The largest absolute Gasteiger partial charge is 0.271 e. The van der Waals surface area contributed by atoms with Crippen molar-refractivity contribution < 1.29 is 13.2 Å². The van der Waals surface area contributed by atoms with Crippen molar-refractivity contribution in [1.29, 1.82) is 0 Å². The summed E-state index contributed by atoms with van der Waals surface area (Å²) in [5.41, 5.74) is 3.69. The van der Waals surface area contributed by atoms with E-state index < -0.39 is 15.9 Å². The molecule has 3 aromatic carbocycles. The summed E-state index contributed by atoms with van der Waals surface area (Å²) in [5.74, 6) is -0.527. The minimum Gasteiger partial charge on any atom is -0.271 e. The highest BCUT2D eigenvalue weighted by atomic mass is 127. The molecule has 28 heavy (non-hydrogen) atoms. The summed E-state index contributed by atoms with van der Waals surface area (Å²) in [7, 11) is -3.61. The predicted molar refractivity (Wildman–Crippen MR) is 121 cm³/mol. The SMILES string of the molecule is CS(=O)(=O)N(CC(=O)N/N=C\c1cccc2ccccc12)c1ccc(I)cc1. The number of nitrogens with zero attached hydrogens (tertiary/aromatic N) is 2. The fourth-order valence-electron chi connectivity index (χ4n) is 2.71. The lowest BCUT2D eigenvalue weighted by Crippen LogP contribution is -2.39. The lowest BCUT2D eigenvalue weighted by molar-refractivity contribution is -0.119. The minimum absolute atomic E-state index is 0.355. The monoisotopic (exact) mass is 507 g/mol. The number of halogens is 1. The first kappa shape index (κ1) is 20.3. The fraction of sp³-hybridized carbons (Fsp3) is 0.100. The molecule has 0 fully saturated rings. The zero-order chi connectivity index (χ0) is 20.1. The van der Waals surface area contributed by atoms with Gasteiger partial charge >= 0.3 is 0 Å². The van der Waals surface area contributed by atoms with Crippen LogP contribution in [-0.4, -0.2) is 33.3 Å².